The Morgan fingerprint density at radius 3 is 2.89 bits per heavy atom. The predicted octanol–water partition coefficient (Wildman–Crippen LogP) is 3.25. The third-order valence-electron chi connectivity index (χ3n) is 5.69. The van der Waals surface area contributed by atoms with E-state index in [1.165, 1.54) is 6.07 Å². The van der Waals surface area contributed by atoms with E-state index in [4.69, 9.17) is 11.6 Å². The van der Waals surface area contributed by atoms with E-state index in [1.807, 2.05) is 17.9 Å². The number of anilines is 1. The SMILES string of the molecule is Cc1cc(N2CCC3CCN(C(=O)Cc4c(F)cccc4Cl)C3C2)ncn1. The summed E-state index contributed by atoms with van der Waals surface area (Å²) >= 11 is 6.10. The summed E-state index contributed by atoms with van der Waals surface area (Å²) in [5.41, 5.74) is 1.21. The van der Waals surface area contributed by atoms with Crippen molar-refractivity contribution in [2.45, 2.75) is 32.2 Å². The quantitative estimate of drug-likeness (QED) is 0.809. The molecule has 2 aliphatic heterocycles. The second-order valence-electron chi connectivity index (χ2n) is 7.33. The Kier molecular flexibility index (Phi) is 5.00. The summed E-state index contributed by atoms with van der Waals surface area (Å²) in [6, 6.07) is 6.63. The minimum Gasteiger partial charge on any atom is -0.354 e. The molecule has 2 saturated heterocycles. The molecule has 2 fully saturated rings. The minimum atomic E-state index is -0.423. The Morgan fingerprint density at radius 1 is 1.30 bits per heavy atom. The van der Waals surface area contributed by atoms with Gasteiger partial charge in [0.25, 0.3) is 0 Å². The van der Waals surface area contributed by atoms with Gasteiger partial charge in [-0.05, 0) is 37.8 Å². The minimum absolute atomic E-state index is 0.00133. The van der Waals surface area contributed by atoms with Crippen LogP contribution in [0.2, 0.25) is 5.02 Å². The molecule has 1 aromatic carbocycles. The van der Waals surface area contributed by atoms with Crippen molar-refractivity contribution in [2.75, 3.05) is 24.5 Å². The highest BCUT2D eigenvalue weighted by Crippen LogP contribution is 2.34. The van der Waals surface area contributed by atoms with Crippen LogP contribution in [0.5, 0.6) is 0 Å². The number of hydrogen-bond acceptors (Lipinski definition) is 4. The lowest BCUT2D eigenvalue weighted by atomic mass is 9.92. The van der Waals surface area contributed by atoms with Gasteiger partial charge in [-0.1, -0.05) is 17.7 Å². The molecular weight excluding hydrogens is 367 g/mol. The number of likely N-dealkylation sites (tertiary alicyclic amines) is 1. The van der Waals surface area contributed by atoms with E-state index in [9.17, 15) is 9.18 Å². The van der Waals surface area contributed by atoms with Gasteiger partial charge in [0.1, 0.15) is 18.0 Å². The number of amides is 1. The molecule has 1 aromatic heterocycles. The lowest BCUT2D eigenvalue weighted by Gasteiger charge is -2.39. The van der Waals surface area contributed by atoms with Crippen LogP contribution in [0.25, 0.3) is 0 Å². The average molecular weight is 389 g/mol. The number of aromatic nitrogens is 2. The van der Waals surface area contributed by atoms with Crippen LogP contribution in [-0.4, -0.2) is 46.5 Å². The van der Waals surface area contributed by atoms with Crippen molar-refractivity contribution in [3.05, 3.63) is 52.7 Å². The van der Waals surface area contributed by atoms with E-state index in [-0.39, 0.29) is 23.9 Å². The highest BCUT2D eigenvalue weighted by atomic mass is 35.5. The van der Waals surface area contributed by atoms with E-state index in [0.717, 1.165) is 44.0 Å². The fraction of sp³-hybridized carbons (Fsp3) is 0.450. The average Bonchev–Trinajstić information content (AvgIpc) is 3.08. The standard InChI is InChI=1S/C20H22ClFN4O/c1-13-9-19(24-12-23-13)25-7-5-14-6-8-26(18(14)11-25)20(27)10-15-16(21)3-2-4-17(15)22/h2-4,9,12,14,18H,5-8,10-11H2,1H3. The van der Waals surface area contributed by atoms with E-state index in [2.05, 4.69) is 14.9 Å². The monoisotopic (exact) mass is 388 g/mol. The largest absolute Gasteiger partial charge is 0.354 e. The number of hydrogen-bond donors (Lipinski definition) is 0. The molecule has 0 aliphatic carbocycles. The van der Waals surface area contributed by atoms with Crippen LogP contribution in [0.15, 0.2) is 30.6 Å². The molecule has 27 heavy (non-hydrogen) atoms. The maximum Gasteiger partial charge on any atom is 0.227 e. The molecule has 2 atom stereocenters. The van der Waals surface area contributed by atoms with Crippen LogP contribution < -0.4 is 4.90 Å². The molecule has 4 rings (SSSR count). The number of aryl methyl sites for hydroxylation is 1. The number of piperidine rings is 1. The molecule has 0 radical (unpaired) electrons. The van der Waals surface area contributed by atoms with Crippen LogP contribution in [-0.2, 0) is 11.2 Å². The van der Waals surface area contributed by atoms with Gasteiger partial charge in [-0.15, -0.1) is 0 Å². The Bertz CT molecular complexity index is 841. The number of halogens is 2. The van der Waals surface area contributed by atoms with Crippen molar-refractivity contribution in [1.29, 1.82) is 0 Å². The number of benzene rings is 1. The van der Waals surface area contributed by atoms with Gasteiger partial charge in [0.15, 0.2) is 0 Å². The van der Waals surface area contributed by atoms with Crippen molar-refractivity contribution in [3.8, 4) is 0 Å². The highest BCUT2D eigenvalue weighted by Gasteiger charge is 2.41. The molecule has 2 aromatic rings. The first-order valence-corrected chi connectivity index (χ1v) is 9.66. The van der Waals surface area contributed by atoms with E-state index < -0.39 is 5.82 Å². The van der Waals surface area contributed by atoms with Crippen LogP contribution in [0, 0.1) is 18.7 Å². The summed E-state index contributed by atoms with van der Waals surface area (Å²) in [5.74, 6) is 0.908. The Hall–Kier alpha value is -2.21. The first-order valence-electron chi connectivity index (χ1n) is 9.29. The number of rotatable bonds is 3. The molecule has 142 valence electrons. The molecular formula is C20H22ClFN4O. The Morgan fingerprint density at radius 2 is 2.11 bits per heavy atom. The van der Waals surface area contributed by atoms with Crippen molar-refractivity contribution in [2.24, 2.45) is 5.92 Å². The third kappa shape index (κ3) is 3.63. The maximum absolute atomic E-state index is 14.1. The van der Waals surface area contributed by atoms with Gasteiger partial charge in [-0.25, -0.2) is 14.4 Å². The molecule has 0 saturated carbocycles. The van der Waals surface area contributed by atoms with Gasteiger partial charge in [-0.2, -0.15) is 0 Å². The second-order valence-corrected chi connectivity index (χ2v) is 7.74. The van der Waals surface area contributed by atoms with E-state index >= 15 is 0 Å². The van der Waals surface area contributed by atoms with Crippen molar-refractivity contribution in [1.82, 2.24) is 14.9 Å². The molecule has 2 aliphatic rings. The zero-order valence-electron chi connectivity index (χ0n) is 15.2. The molecule has 0 N–H and O–H groups in total. The smallest absolute Gasteiger partial charge is 0.227 e. The number of fused-ring (bicyclic) bond motifs is 1. The zero-order valence-corrected chi connectivity index (χ0v) is 16.0. The van der Waals surface area contributed by atoms with Gasteiger partial charge >= 0.3 is 0 Å². The molecule has 0 spiro atoms. The van der Waals surface area contributed by atoms with Crippen LogP contribution in [0.4, 0.5) is 10.2 Å². The summed E-state index contributed by atoms with van der Waals surface area (Å²) in [6.45, 7) is 4.34. The second kappa shape index (κ2) is 7.43. The molecule has 1 amide bonds. The number of nitrogens with zero attached hydrogens (tertiary/aromatic N) is 4. The first kappa shape index (κ1) is 18.2. The predicted molar refractivity (Wildman–Crippen MR) is 102 cm³/mol. The third-order valence-corrected chi connectivity index (χ3v) is 6.04. The Labute approximate surface area is 163 Å². The summed E-state index contributed by atoms with van der Waals surface area (Å²) in [7, 11) is 0. The molecule has 5 nitrogen and oxygen atoms in total. The van der Waals surface area contributed by atoms with E-state index in [0.29, 0.717) is 10.9 Å². The Balaban J connectivity index is 1.50. The van der Waals surface area contributed by atoms with Crippen LogP contribution in [0.3, 0.4) is 0 Å². The van der Waals surface area contributed by atoms with Crippen LogP contribution in [0.1, 0.15) is 24.1 Å². The first-order chi connectivity index (χ1) is 13.0. The van der Waals surface area contributed by atoms with Gasteiger partial charge in [0, 0.05) is 42.0 Å². The molecule has 3 heterocycles. The summed E-state index contributed by atoms with van der Waals surface area (Å²) in [4.78, 5) is 25.6. The van der Waals surface area contributed by atoms with Crippen molar-refractivity contribution < 1.29 is 9.18 Å². The maximum atomic E-state index is 14.1. The van der Waals surface area contributed by atoms with Gasteiger partial charge in [0.2, 0.25) is 5.91 Å². The van der Waals surface area contributed by atoms with Crippen molar-refractivity contribution >= 4 is 23.3 Å². The highest BCUT2D eigenvalue weighted by molar-refractivity contribution is 6.31. The molecule has 0 bridgehead atoms. The number of carbonyl (C=O) groups excluding carboxylic acids is 1. The van der Waals surface area contributed by atoms with E-state index in [1.54, 1.807) is 18.5 Å². The fourth-order valence-electron chi connectivity index (χ4n) is 4.23. The summed E-state index contributed by atoms with van der Waals surface area (Å²) in [5, 5.41) is 0.306. The normalized spacial score (nSPS) is 22.0. The molecule has 7 heteroatoms. The van der Waals surface area contributed by atoms with Crippen molar-refractivity contribution in [3.63, 3.8) is 0 Å². The molecule has 2 unspecified atom stereocenters. The van der Waals surface area contributed by atoms with Crippen LogP contribution >= 0.6 is 11.6 Å². The lowest BCUT2D eigenvalue weighted by Crippen LogP contribution is -2.50. The summed E-state index contributed by atoms with van der Waals surface area (Å²) < 4.78 is 14.1. The topological polar surface area (TPSA) is 49.3 Å². The number of carbonyl (C=O) groups is 1. The zero-order chi connectivity index (χ0) is 19.0. The fourth-order valence-corrected chi connectivity index (χ4v) is 4.46. The van der Waals surface area contributed by atoms with Gasteiger partial charge < -0.3 is 9.80 Å². The van der Waals surface area contributed by atoms with Gasteiger partial charge in [0.05, 0.1) is 12.5 Å². The summed E-state index contributed by atoms with van der Waals surface area (Å²) in [6.07, 6.45) is 3.60. The van der Waals surface area contributed by atoms with Gasteiger partial charge in [-0.3, -0.25) is 4.79 Å². The lowest BCUT2D eigenvalue weighted by molar-refractivity contribution is -0.131.